The van der Waals surface area contributed by atoms with Crippen molar-refractivity contribution in [2.45, 2.75) is 39.3 Å². The van der Waals surface area contributed by atoms with Crippen molar-refractivity contribution in [1.29, 1.82) is 0 Å². The van der Waals surface area contributed by atoms with Gasteiger partial charge in [-0.3, -0.25) is 19.4 Å². The van der Waals surface area contributed by atoms with E-state index in [0.29, 0.717) is 11.3 Å². The first-order valence-corrected chi connectivity index (χ1v) is 9.28. The fourth-order valence-electron chi connectivity index (χ4n) is 3.23. The predicted molar refractivity (Wildman–Crippen MR) is 99.8 cm³/mol. The molecule has 2 aromatic rings. The van der Waals surface area contributed by atoms with Crippen molar-refractivity contribution < 1.29 is 4.79 Å². The molecule has 1 aliphatic heterocycles. The Kier molecular flexibility index (Phi) is 5.99. The van der Waals surface area contributed by atoms with Crippen LogP contribution in [0.2, 0.25) is 0 Å². The third kappa shape index (κ3) is 4.55. The fraction of sp³-hybridized carbons (Fsp3) is 0.500. The minimum Gasteiger partial charge on any atom is -0.353 e. The van der Waals surface area contributed by atoms with Gasteiger partial charge in [0.2, 0.25) is 5.91 Å². The Balaban J connectivity index is 1.46. The highest BCUT2D eigenvalue weighted by molar-refractivity contribution is 7.71. The molecule has 1 aromatic heterocycles. The molecule has 7 heteroatoms. The first-order valence-electron chi connectivity index (χ1n) is 8.87. The summed E-state index contributed by atoms with van der Waals surface area (Å²) in [7, 11) is 0. The number of fused-ring (bicyclic) bond motifs is 1. The number of carbonyl (C=O) groups is 1. The van der Waals surface area contributed by atoms with Gasteiger partial charge in [0.1, 0.15) is 12.4 Å². The second-order valence-corrected chi connectivity index (χ2v) is 6.81. The largest absolute Gasteiger partial charge is 0.353 e. The number of nitrogens with zero attached hydrogens (tertiary/aromatic N) is 3. The number of carbonyl (C=O) groups excluding carboxylic acids is 1. The number of nitrogens with one attached hydrogen (secondary N) is 2. The lowest BCUT2D eigenvalue weighted by atomic mass is 10.00. The van der Waals surface area contributed by atoms with Crippen molar-refractivity contribution in [3.8, 4) is 0 Å². The number of aromatic nitrogens is 3. The van der Waals surface area contributed by atoms with E-state index in [1.807, 2.05) is 0 Å². The van der Waals surface area contributed by atoms with E-state index < -0.39 is 0 Å². The summed E-state index contributed by atoms with van der Waals surface area (Å²) in [6.07, 6.45) is 2.86. The molecule has 0 saturated carbocycles. The van der Waals surface area contributed by atoms with Gasteiger partial charge in [0.15, 0.2) is 4.77 Å². The van der Waals surface area contributed by atoms with Crippen LogP contribution in [0.15, 0.2) is 24.3 Å². The van der Waals surface area contributed by atoms with Crippen molar-refractivity contribution in [3.63, 3.8) is 0 Å². The van der Waals surface area contributed by atoms with Gasteiger partial charge in [-0.1, -0.05) is 31.2 Å². The maximum absolute atomic E-state index is 12.2. The summed E-state index contributed by atoms with van der Waals surface area (Å²) in [6.45, 7) is 5.82. The summed E-state index contributed by atoms with van der Waals surface area (Å²) >= 11 is 5.21. The van der Waals surface area contributed by atoms with Crippen molar-refractivity contribution in [1.82, 2.24) is 25.0 Å². The van der Waals surface area contributed by atoms with Gasteiger partial charge in [-0.05, 0) is 36.2 Å². The van der Waals surface area contributed by atoms with Gasteiger partial charge in [0, 0.05) is 32.6 Å². The minimum absolute atomic E-state index is 0.0211. The van der Waals surface area contributed by atoms with Gasteiger partial charge in [-0.15, -0.1) is 0 Å². The summed E-state index contributed by atoms with van der Waals surface area (Å²) in [5, 5.41) is 9.96. The van der Waals surface area contributed by atoms with Crippen molar-refractivity contribution in [2.24, 2.45) is 0 Å². The average Bonchev–Trinajstić information content (AvgIpc) is 2.95. The number of aryl methyl sites for hydroxylation is 1. The number of rotatable bonds is 7. The molecule has 0 atom stereocenters. The number of aromatic amines is 1. The maximum Gasteiger partial charge on any atom is 0.240 e. The van der Waals surface area contributed by atoms with Crippen LogP contribution in [0.5, 0.6) is 0 Å². The molecule has 0 aliphatic carbocycles. The van der Waals surface area contributed by atoms with E-state index in [1.54, 1.807) is 4.57 Å². The van der Waals surface area contributed by atoms with E-state index in [9.17, 15) is 4.79 Å². The van der Waals surface area contributed by atoms with Crippen LogP contribution in [0, 0.1) is 4.77 Å². The first-order chi connectivity index (χ1) is 12.2. The van der Waals surface area contributed by atoms with Gasteiger partial charge < -0.3 is 5.32 Å². The fourth-order valence-corrected chi connectivity index (χ4v) is 3.44. The molecule has 6 nitrogen and oxygen atoms in total. The van der Waals surface area contributed by atoms with Crippen LogP contribution < -0.4 is 5.32 Å². The van der Waals surface area contributed by atoms with Crippen LogP contribution in [0.1, 0.15) is 30.3 Å². The molecule has 0 spiro atoms. The van der Waals surface area contributed by atoms with Gasteiger partial charge in [-0.2, -0.15) is 5.10 Å². The molecule has 1 aromatic carbocycles. The average molecular weight is 359 g/mol. The second kappa shape index (κ2) is 8.40. The van der Waals surface area contributed by atoms with Crippen LogP contribution >= 0.6 is 12.2 Å². The topological polar surface area (TPSA) is 66.0 Å². The Hall–Kier alpha value is -1.99. The molecular weight excluding hydrogens is 334 g/mol. The zero-order valence-electron chi connectivity index (χ0n) is 14.6. The van der Waals surface area contributed by atoms with E-state index >= 15 is 0 Å². The standard InChI is InChI=1S/C18H25N5OS/c1-2-5-16-20-21-18(25)23(16)13-17(24)19-9-11-22-10-8-14-6-3-4-7-15(14)12-22/h3-4,6-7H,2,5,8-13H2,1H3,(H,19,24)(H,21,25). The lowest BCUT2D eigenvalue weighted by Crippen LogP contribution is -2.38. The number of hydrogen-bond donors (Lipinski definition) is 2. The molecular formula is C18H25N5OS. The normalized spacial score (nSPS) is 14.3. The highest BCUT2D eigenvalue weighted by Gasteiger charge is 2.15. The quantitative estimate of drug-likeness (QED) is 0.743. The highest BCUT2D eigenvalue weighted by atomic mass is 32.1. The number of benzene rings is 1. The summed E-state index contributed by atoms with van der Waals surface area (Å²) in [5.74, 6) is 0.822. The van der Waals surface area contributed by atoms with E-state index in [2.05, 4.69) is 51.6 Å². The number of amides is 1. The molecule has 134 valence electrons. The van der Waals surface area contributed by atoms with E-state index in [-0.39, 0.29) is 12.5 Å². The molecule has 2 N–H and O–H groups in total. The van der Waals surface area contributed by atoms with E-state index in [1.165, 1.54) is 11.1 Å². The van der Waals surface area contributed by atoms with Crippen LogP contribution in [0.25, 0.3) is 0 Å². The molecule has 1 aliphatic rings. The molecule has 0 saturated heterocycles. The minimum atomic E-state index is -0.0211. The summed E-state index contributed by atoms with van der Waals surface area (Å²) in [6, 6.07) is 8.59. The third-order valence-corrected chi connectivity index (χ3v) is 4.88. The Bertz CT molecular complexity index is 782. The van der Waals surface area contributed by atoms with Crippen LogP contribution in [0.4, 0.5) is 0 Å². The van der Waals surface area contributed by atoms with Crippen LogP contribution in [0.3, 0.4) is 0 Å². The molecule has 3 rings (SSSR count). The Morgan fingerprint density at radius 2 is 2.16 bits per heavy atom. The zero-order valence-corrected chi connectivity index (χ0v) is 15.4. The maximum atomic E-state index is 12.2. The summed E-state index contributed by atoms with van der Waals surface area (Å²) in [5.41, 5.74) is 2.84. The zero-order chi connectivity index (χ0) is 17.6. The van der Waals surface area contributed by atoms with Gasteiger partial charge in [-0.25, -0.2) is 0 Å². The molecule has 0 unspecified atom stereocenters. The summed E-state index contributed by atoms with van der Waals surface area (Å²) in [4.78, 5) is 14.6. The van der Waals surface area contributed by atoms with E-state index in [0.717, 1.165) is 44.7 Å². The highest BCUT2D eigenvalue weighted by Crippen LogP contribution is 2.17. The van der Waals surface area contributed by atoms with Gasteiger partial charge in [0.25, 0.3) is 0 Å². The molecule has 1 amide bonds. The molecule has 0 radical (unpaired) electrons. The lowest BCUT2D eigenvalue weighted by Gasteiger charge is -2.28. The van der Waals surface area contributed by atoms with Crippen molar-refractivity contribution in [3.05, 3.63) is 46.0 Å². The molecule has 0 bridgehead atoms. The van der Waals surface area contributed by atoms with Crippen molar-refractivity contribution >= 4 is 18.1 Å². The number of hydrogen-bond acceptors (Lipinski definition) is 4. The van der Waals surface area contributed by atoms with Gasteiger partial charge in [0.05, 0.1) is 0 Å². The monoisotopic (exact) mass is 359 g/mol. The summed E-state index contributed by atoms with van der Waals surface area (Å²) < 4.78 is 2.29. The molecule has 25 heavy (non-hydrogen) atoms. The van der Waals surface area contributed by atoms with Crippen molar-refractivity contribution in [2.75, 3.05) is 19.6 Å². The molecule has 0 fully saturated rings. The smallest absolute Gasteiger partial charge is 0.240 e. The van der Waals surface area contributed by atoms with Crippen LogP contribution in [-0.2, 0) is 30.7 Å². The SMILES string of the molecule is CCCc1n[nH]c(=S)n1CC(=O)NCCN1CCc2ccccc2C1. The predicted octanol–water partition coefficient (Wildman–Crippen LogP) is 2.07. The Morgan fingerprint density at radius 1 is 1.36 bits per heavy atom. The Morgan fingerprint density at radius 3 is 2.96 bits per heavy atom. The van der Waals surface area contributed by atoms with Gasteiger partial charge >= 0.3 is 0 Å². The molecule has 2 heterocycles. The van der Waals surface area contributed by atoms with E-state index in [4.69, 9.17) is 12.2 Å². The Labute approximate surface area is 153 Å². The van der Waals surface area contributed by atoms with Crippen LogP contribution in [-0.4, -0.2) is 45.2 Å². The lowest BCUT2D eigenvalue weighted by molar-refractivity contribution is -0.121. The first kappa shape index (κ1) is 17.8. The second-order valence-electron chi connectivity index (χ2n) is 6.43. The third-order valence-electron chi connectivity index (χ3n) is 4.57. The number of H-pyrrole nitrogens is 1.